The standard InChI is InChI=1S/C26H24N2O5/c1-15-12-23(30)25(32)26(33-15)20(16-6-8-17(29)9-7-16)13-24(31)28-11-10-19-18-4-2-3-5-21(18)27-22(19)14-28/h2-9,12,20,27,29,32H,10-11,13-14H2,1H3/t20-/m1/s1. The number of rotatable bonds is 4. The summed E-state index contributed by atoms with van der Waals surface area (Å²) in [5.74, 6) is -0.785. The van der Waals surface area contributed by atoms with Gasteiger partial charge in [0.15, 0.2) is 5.76 Å². The van der Waals surface area contributed by atoms with Gasteiger partial charge in [-0.25, -0.2) is 0 Å². The summed E-state index contributed by atoms with van der Waals surface area (Å²) in [5, 5.41) is 21.3. The Morgan fingerprint density at radius 1 is 1.15 bits per heavy atom. The van der Waals surface area contributed by atoms with E-state index in [-0.39, 0.29) is 23.8 Å². The van der Waals surface area contributed by atoms with Crippen molar-refractivity contribution < 1.29 is 19.4 Å². The van der Waals surface area contributed by atoms with E-state index in [4.69, 9.17) is 4.42 Å². The maximum Gasteiger partial charge on any atom is 0.227 e. The Hall–Kier alpha value is -4.00. The van der Waals surface area contributed by atoms with E-state index < -0.39 is 17.1 Å². The lowest BCUT2D eigenvalue weighted by molar-refractivity contribution is -0.132. The molecular weight excluding hydrogens is 420 g/mol. The molecule has 2 aromatic heterocycles. The van der Waals surface area contributed by atoms with Crippen LogP contribution in [0.1, 0.15) is 40.7 Å². The molecule has 7 heteroatoms. The first-order valence-corrected chi connectivity index (χ1v) is 10.9. The number of phenolic OH excluding ortho intramolecular Hbond substituents is 1. The highest BCUT2D eigenvalue weighted by molar-refractivity contribution is 5.86. The van der Waals surface area contributed by atoms with E-state index in [0.717, 1.165) is 17.6 Å². The summed E-state index contributed by atoms with van der Waals surface area (Å²) in [6, 6.07) is 15.7. The number of nitrogens with zero attached hydrogens (tertiary/aromatic N) is 1. The maximum atomic E-state index is 13.4. The molecule has 168 valence electrons. The van der Waals surface area contributed by atoms with E-state index in [9.17, 15) is 19.8 Å². The molecule has 2 aromatic carbocycles. The van der Waals surface area contributed by atoms with E-state index in [1.165, 1.54) is 29.1 Å². The normalized spacial score (nSPS) is 14.3. The van der Waals surface area contributed by atoms with Gasteiger partial charge in [0.2, 0.25) is 17.1 Å². The lowest BCUT2D eigenvalue weighted by atomic mass is 9.91. The monoisotopic (exact) mass is 444 g/mol. The van der Waals surface area contributed by atoms with Gasteiger partial charge < -0.3 is 24.5 Å². The number of fused-ring (bicyclic) bond motifs is 3. The molecule has 3 heterocycles. The van der Waals surface area contributed by atoms with Gasteiger partial charge in [0.1, 0.15) is 11.5 Å². The Morgan fingerprint density at radius 3 is 2.70 bits per heavy atom. The first-order valence-electron chi connectivity index (χ1n) is 10.9. The zero-order valence-electron chi connectivity index (χ0n) is 18.2. The molecule has 1 amide bonds. The topological polar surface area (TPSA) is 107 Å². The summed E-state index contributed by atoms with van der Waals surface area (Å²) in [6.07, 6.45) is 0.764. The molecule has 0 spiro atoms. The van der Waals surface area contributed by atoms with Crippen molar-refractivity contribution in [1.29, 1.82) is 0 Å². The number of aromatic amines is 1. The third-order valence-electron chi connectivity index (χ3n) is 6.30. The van der Waals surface area contributed by atoms with Gasteiger partial charge in [0.25, 0.3) is 0 Å². The minimum atomic E-state index is -0.671. The Bertz CT molecular complexity index is 1400. The van der Waals surface area contributed by atoms with Crippen molar-refractivity contribution in [1.82, 2.24) is 9.88 Å². The number of aryl methyl sites for hydroxylation is 1. The minimum Gasteiger partial charge on any atom is -0.508 e. The summed E-state index contributed by atoms with van der Waals surface area (Å²) in [5.41, 5.74) is 3.44. The second-order valence-electron chi connectivity index (χ2n) is 8.48. The number of phenols is 1. The van der Waals surface area contributed by atoms with Gasteiger partial charge in [0, 0.05) is 35.6 Å². The van der Waals surface area contributed by atoms with Crippen molar-refractivity contribution >= 4 is 16.8 Å². The first-order chi connectivity index (χ1) is 15.9. The molecule has 0 saturated carbocycles. The Labute approximate surface area is 189 Å². The zero-order chi connectivity index (χ0) is 23.1. The van der Waals surface area contributed by atoms with Crippen LogP contribution in [0.15, 0.2) is 63.8 Å². The molecule has 7 nitrogen and oxygen atoms in total. The molecule has 0 unspecified atom stereocenters. The van der Waals surface area contributed by atoms with E-state index >= 15 is 0 Å². The molecule has 1 aliphatic heterocycles. The van der Waals surface area contributed by atoms with E-state index in [1.807, 2.05) is 18.2 Å². The van der Waals surface area contributed by atoms with Crippen LogP contribution >= 0.6 is 0 Å². The van der Waals surface area contributed by atoms with Gasteiger partial charge in [-0.15, -0.1) is 0 Å². The summed E-state index contributed by atoms with van der Waals surface area (Å²) in [4.78, 5) is 30.8. The molecule has 1 atom stereocenters. The van der Waals surface area contributed by atoms with Crippen molar-refractivity contribution in [2.45, 2.75) is 32.2 Å². The molecule has 4 aromatic rings. The van der Waals surface area contributed by atoms with Crippen LogP contribution in [0.3, 0.4) is 0 Å². The van der Waals surface area contributed by atoms with Crippen LogP contribution in [-0.2, 0) is 17.8 Å². The zero-order valence-corrected chi connectivity index (χ0v) is 18.2. The fourth-order valence-electron chi connectivity index (χ4n) is 4.64. The van der Waals surface area contributed by atoms with Gasteiger partial charge in [-0.1, -0.05) is 30.3 Å². The van der Waals surface area contributed by atoms with Crippen LogP contribution in [-0.4, -0.2) is 32.5 Å². The van der Waals surface area contributed by atoms with Crippen LogP contribution in [0.25, 0.3) is 10.9 Å². The van der Waals surface area contributed by atoms with Crippen molar-refractivity contribution in [3.8, 4) is 11.5 Å². The number of H-pyrrole nitrogens is 1. The molecule has 0 bridgehead atoms. The van der Waals surface area contributed by atoms with E-state index in [2.05, 4.69) is 11.1 Å². The number of nitrogens with one attached hydrogen (secondary N) is 1. The van der Waals surface area contributed by atoms with Crippen molar-refractivity contribution in [2.75, 3.05) is 6.54 Å². The third kappa shape index (κ3) is 3.86. The summed E-state index contributed by atoms with van der Waals surface area (Å²) >= 11 is 0. The predicted octanol–water partition coefficient (Wildman–Crippen LogP) is 3.95. The molecule has 1 aliphatic rings. The first kappa shape index (κ1) is 20.9. The maximum absolute atomic E-state index is 13.4. The lowest BCUT2D eigenvalue weighted by Crippen LogP contribution is -2.36. The number of carbonyl (C=O) groups is 1. The smallest absolute Gasteiger partial charge is 0.227 e. The fraction of sp³-hybridized carbons (Fsp3) is 0.231. The molecule has 33 heavy (non-hydrogen) atoms. The second kappa shape index (κ2) is 8.16. The van der Waals surface area contributed by atoms with E-state index in [1.54, 1.807) is 24.0 Å². The van der Waals surface area contributed by atoms with Gasteiger partial charge in [-0.2, -0.15) is 0 Å². The number of carbonyl (C=O) groups excluding carboxylic acids is 1. The molecule has 3 N–H and O–H groups in total. The van der Waals surface area contributed by atoms with Crippen LogP contribution in [0.2, 0.25) is 0 Å². The van der Waals surface area contributed by atoms with Crippen LogP contribution in [0.4, 0.5) is 0 Å². The Morgan fingerprint density at radius 2 is 1.91 bits per heavy atom. The SMILES string of the molecule is Cc1cc(=O)c(O)c([C@H](CC(=O)N2CCc3c([nH]c4ccccc34)C2)c2ccc(O)cc2)o1. The number of benzene rings is 2. The predicted molar refractivity (Wildman–Crippen MR) is 123 cm³/mol. The highest BCUT2D eigenvalue weighted by atomic mass is 16.4. The lowest BCUT2D eigenvalue weighted by Gasteiger charge is -2.29. The second-order valence-corrected chi connectivity index (χ2v) is 8.48. The Kier molecular flexibility index (Phi) is 5.17. The van der Waals surface area contributed by atoms with Gasteiger partial charge in [0.05, 0.1) is 12.5 Å². The van der Waals surface area contributed by atoms with Gasteiger partial charge >= 0.3 is 0 Å². The summed E-state index contributed by atoms with van der Waals surface area (Å²) < 4.78 is 5.73. The highest BCUT2D eigenvalue weighted by Crippen LogP contribution is 2.35. The molecule has 0 saturated heterocycles. The van der Waals surface area contributed by atoms with Crippen LogP contribution < -0.4 is 5.43 Å². The van der Waals surface area contributed by atoms with Gasteiger partial charge in [-0.05, 0) is 42.7 Å². The fourth-order valence-corrected chi connectivity index (χ4v) is 4.64. The average molecular weight is 444 g/mol. The van der Waals surface area contributed by atoms with Crippen molar-refractivity contribution in [3.05, 3.63) is 93.2 Å². The minimum absolute atomic E-state index is 0.0142. The number of hydrogen-bond donors (Lipinski definition) is 3. The van der Waals surface area contributed by atoms with E-state index in [0.29, 0.717) is 24.4 Å². The number of para-hydroxylation sites is 1. The van der Waals surface area contributed by atoms with Crippen molar-refractivity contribution in [3.63, 3.8) is 0 Å². The van der Waals surface area contributed by atoms with Crippen molar-refractivity contribution in [2.24, 2.45) is 0 Å². The quantitative estimate of drug-likeness (QED) is 0.442. The average Bonchev–Trinajstić information content (AvgIpc) is 3.18. The molecule has 0 radical (unpaired) electrons. The molecule has 5 rings (SSSR count). The molecular formula is C26H24N2O5. The number of aromatic hydroxyl groups is 2. The largest absolute Gasteiger partial charge is 0.508 e. The summed E-state index contributed by atoms with van der Waals surface area (Å²) in [6.45, 7) is 2.68. The van der Waals surface area contributed by atoms with Crippen LogP contribution in [0, 0.1) is 6.92 Å². The third-order valence-corrected chi connectivity index (χ3v) is 6.30. The molecule has 0 fully saturated rings. The van der Waals surface area contributed by atoms with Crippen LogP contribution in [0.5, 0.6) is 11.5 Å². The Balaban J connectivity index is 1.46. The highest BCUT2D eigenvalue weighted by Gasteiger charge is 2.30. The molecule has 0 aliphatic carbocycles. The summed E-state index contributed by atoms with van der Waals surface area (Å²) in [7, 11) is 0. The number of aromatic nitrogens is 1. The van der Waals surface area contributed by atoms with Gasteiger partial charge in [-0.3, -0.25) is 9.59 Å². The number of amides is 1. The number of hydrogen-bond acceptors (Lipinski definition) is 5.